The summed E-state index contributed by atoms with van der Waals surface area (Å²) in [4.78, 5) is 31.3. The van der Waals surface area contributed by atoms with Crippen LogP contribution in [0.1, 0.15) is 50.1 Å². The fourth-order valence-corrected chi connectivity index (χ4v) is 5.36. The van der Waals surface area contributed by atoms with Crippen LogP contribution in [0.3, 0.4) is 0 Å². The Bertz CT molecular complexity index is 1060. The van der Waals surface area contributed by atoms with Gasteiger partial charge in [0.15, 0.2) is 5.69 Å². The molecule has 4 rings (SSSR count). The van der Waals surface area contributed by atoms with Gasteiger partial charge in [-0.1, -0.05) is 18.5 Å². The topological polar surface area (TPSA) is 73.7 Å². The third kappa shape index (κ3) is 5.92. The molecule has 0 spiro atoms. The molecule has 0 bridgehead atoms. The molecular weight excluding hydrogens is 478 g/mol. The molecule has 0 saturated carbocycles. The Balaban J connectivity index is 1.34. The maximum atomic E-state index is 13.4. The molecule has 1 aromatic heterocycles. The minimum atomic E-state index is -2.85. The number of alkyl halides is 2. The lowest BCUT2D eigenvalue weighted by molar-refractivity contribution is -0.130. The van der Waals surface area contributed by atoms with Crippen molar-refractivity contribution < 1.29 is 18.4 Å². The summed E-state index contributed by atoms with van der Waals surface area (Å²) < 4.78 is 27.5. The largest absolute Gasteiger partial charge is 0.348 e. The number of rotatable bonds is 7. The average molecular weight is 511 g/mol. The first-order valence-electron chi connectivity index (χ1n) is 12.3. The van der Waals surface area contributed by atoms with Gasteiger partial charge in [-0.05, 0) is 37.5 Å². The quantitative estimate of drug-likeness (QED) is 0.619. The summed E-state index contributed by atoms with van der Waals surface area (Å²) in [7, 11) is 0. The number of carbonyl (C=O) groups is 2. The number of fused-ring (bicyclic) bond motifs is 1. The van der Waals surface area contributed by atoms with Crippen molar-refractivity contribution >= 4 is 34.3 Å². The van der Waals surface area contributed by atoms with Crippen LogP contribution in [-0.2, 0) is 4.79 Å². The molecule has 2 aliphatic rings. The normalized spacial score (nSPS) is 22.2. The van der Waals surface area contributed by atoms with Crippen molar-refractivity contribution in [2.75, 3.05) is 45.8 Å². The van der Waals surface area contributed by atoms with Crippen LogP contribution in [-0.4, -0.2) is 94.2 Å². The number of aromatic nitrogens is 2. The first kappa shape index (κ1) is 25.8. The van der Waals surface area contributed by atoms with E-state index in [9.17, 15) is 18.4 Å². The van der Waals surface area contributed by atoms with Crippen LogP contribution >= 0.6 is 11.6 Å². The Morgan fingerprint density at radius 3 is 2.57 bits per heavy atom. The number of piperidine rings is 1. The summed E-state index contributed by atoms with van der Waals surface area (Å²) in [6.45, 7) is 7.02. The summed E-state index contributed by atoms with van der Waals surface area (Å²) in [5.41, 5.74) is 0.155. The van der Waals surface area contributed by atoms with Crippen LogP contribution in [0.25, 0.3) is 10.9 Å². The zero-order valence-corrected chi connectivity index (χ0v) is 21.0. The fourth-order valence-electron chi connectivity index (χ4n) is 5.19. The monoisotopic (exact) mass is 510 g/mol. The number of likely N-dealkylation sites (tertiary alicyclic amines) is 1. The molecule has 2 saturated heterocycles. The van der Waals surface area contributed by atoms with Gasteiger partial charge in [-0.25, -0.2) is 4.68 Å². The second kappa shape index (κ2) is 11.2. The van der Waals surface area contributed by atoms with Crippen molar-refractivity contribution in [1.82, 2.24) is 29.8 Å². The molecule has 1 N–H and O–H groups in total. The number of carbonyl (C=O) groups excluding carboxylic acids is 2. The van der Waals surface area contributed by atoms with Gasteiger partial charge in [0.2, 0.25) is 5.91 Å². The molecule has 35 heavy (non-hydrogen) atoms. The fraction of sp³-hybridized carbons (Fsp3) is 0.625. The molecule has 8 nitrogen and oxygen atoms in total. The van der Waals surface area contributed by atoms with Crippen molar-refractivity contribution in [2.24, 2.45) is 0 Å². The Morgan fingerprint density at radius 1 is 1.17 bits per heavy atom. The molecule has 0 radical (unpaired) electrons. The van der Waals surface area contributed by atoms with E-state index in [0.717, 1.165) is 65.1 Å². The highest BCUT2D eigenvalue weighted by Gasteiger charge is 2.30. The number of benzene rings is 1. The molecular formula is C24H33ClF2N6O2. The summed E-state index contributed by atoms with van der Waals surface area (Å²) >= 11 is 6.05. The number of hydrogen-bond donors (Lipinski definition) is 1. The van der Waals surface area contributed by atoms with Crippen molar-refractivity contribution in [2.45, 2.75) is 51.7 Å². The van der Waals surface area contributed by atoms with Crippen LogP contribution < -0.4 is 5.32 Å². The van der Waals surface area contributed by atoms with E-state index in [0.29, 0.717) is 21.1 Å². The molecule has 2 aromatic rings. The molecule has 0 aliphatic carbocycles. The summed E-state index contributed by atoms with van der Waals surface area (Å²) in [5, 5.41) is 7.62. The third-order valence-corrected chi connectivity index (χ3v) is 7.47. The summed E-state index contributed by atoms with van der Waals surface area (Å²) in [6.07, 6.45) is 2.55. The van der Waals surface area contributed by atoms with Gasteiger partial charge in [-0.15, -0.1) is 0 Å². The molecule has 11 heteroatoms. The van der Waals surface area contributed by atoms with E-state index in [1.54, 1.807) is 6.92 Å². The van der Waals surface area contributed by atoms with Crippen molar-refractivity contribution in [1.29, 1.82) is 0 Å². The van der Waals surface area contributed by atoms with E-state index in [2.05, 4.69) is 27.1 Å². The summed E-state index contributed by atoms with van der Waals surface area (Å²) in [6, 6.07) is 4.76. The standard InChI is InChI=1S/C24H33ClF2N6O2/c1-3-19-15-18(6-7-32(19)13-10-30-8-11-31(12-9-30)16(2)34)28-23(35)22-20-14-17(25)4-5-21(20)33(29-22)24(26)27/h4-5,14,18-19,24H,3,6-13,15H2,1-2H3,(H,28,35)/t18?,19-/m1/s1. The molecule has 1 aromatic carbocycles. The molecule has 3 heterocycles. The molecule has 2 aliphatic heterocycles. The van der Waals surface area contributed by atoms with Crippen molar-refractivity contribution in [3.8, 4) is 0 Å². The van der Waals surface area contributed by atoms with E-state index in [1.165, 1.54) is 18.2 Å². The predicted molar refractivity (Wildman–Crippen MR) is 131 cm³/mol. The lowest BCUT2D eigenvalue weighted by atomic mass is 9.95. The van der Waals surface area contributed by atoms with Crippen LogP contribution in [0.15, 0.2) is 18.2 Å². The van der Waals surface area contributed by atoms with E-state index in [-0.39, 0.29) is 23.2 Å². The van der Waals surface area contributed by atoms with Gasteiger partial charge in [-0.3, -0.25) is 19.4 Å². The molecule has 2 fully saturated rings. The zero-order valence-electron chi connectivity index (χ0n) is 20.2. The molecule has 192 valence electrons. The van der Waals surface area contributed by atoms with E-state index in [4.69, 9.17) is 11.6 Å². The minimum Gasteiger partial charge on any atom is -0.348 e. The molecule has 2 atom stereocenters. The number of hydrogen-bond acceptors (Lipinski definition) is 5. The number of piperazine rings is 1. The van der Waals surface area contributed by atoms with Crippen molar-refractivity contribution in [3.05, 3.63) is 28.9 Å². The maximum absolute atomic E-state index is 13.4. The third-order valence-electron chi connectivity index (χ3n) is 7.23. The van der Waals surface area contributed by atoms with Gasteiger partial charge in [-0.2, -0.15) is 13.9 Å². The first-order chi connectivity index (χ1) is 16.8. The van der Waals surface area contributed by atoms with Gasteiger partial charge >= 0.3 is 6.55 Å². The Morgan fingerprint density at radius 2 is 1.91 bits per heavy atom. The zero-order chi connectivity index (χ0) is 25.1. The van der Waals surface area contributed by atoms with E-state index in [1.807, 2.05) is 4.90 Å². The molecule has 1 unspecified atom stereocenters. The van der Waals surface area contributed by atoms with Crippen LogP contribution in [0, 0.1) is 0 Å². The van der Waals surface area contributed by atoms with Crippen LogP contribution in [0.5, 0.6) is 0 Å². The predicted octanol–water partition coefficient (Wildman–Crippen LogP) is 3.22. The highest BCUT2D eigenvalue weighted by molar-refractivity contribution is 6.31. The second-order valence-electron chi connectivity index (χ2n) is 9.37. The molecule has 2 amide bonds. The Labute approximate surface area is 209 Å². The lowest BCUT2D eigenvalue weighted by Crippen LogP contribution is -2.53. The Kier molecular flexibility index (Phi) is 8.23. The minimum absolute atomic E-state index is 0.0250. The van der Waals surface area contributed by atoms with Crippen LogP contribution in [0.2, 0.25) is 5.02 Å². The lowest BCUT2D eigenvalue weighted by Gasteiger charge is -2.41. The van der Waals surface area contributed by atoms with E-state index < -0.39 is 12.5 Å². The van der Waals surface area contributed by atoms with Gasteiger partial charge in [0.1, 0.15) is 0 Å². The smallest absolute Gasteiger partial charge is 0.333 e. The van der Waals surface area contributed by atoms with Crippen LogP contribution in [0.4, 0.5) is 8.78 Å². The number of amides is 2. The number of halogens is 3. The summed E-state index contributed by atoms with van der Waals surface area (Å²) in [5.74, 6) is -0.315. The number of nitrogens with one attached hydrogen (secondary N) is 1. The Hall–Kier alpha value is -2.30. The number of nitrogens with zero attached hydrogens (tertiary/aromatic N) is 5. The highest BCUT2D eigenvalue weighted by Crippen LogP contribution is 2.27. The van der Waals surface area contributed by atoms with Gasteiger partial charge in [0.25, 0.3) is 5.91 Å². The SMILES string of the molecule is CC[C@@H]1CC(NC(=O)c2nn(C(F)F)c3ccc(Cl)cc23)CCN1CCN1CCN(C(C)=O)CC1. The average Bonchev–Trinajstić information content (AvgIpc) is 3.22. The first-order valence-corrected chi connectivity index (χ1v) is 12.6. The highest BCUT2D eigenvalue weighted by atomic mass is 35.5. The van der Waals surface area contributed by atoms with E-state index >= 15 is 0 Å². The van der Waals surface area contributed by atoms with Gasteiger partial charge in [0, 0.05) is 75.2 Å². The maximum Gasteiger partial charge on any atom is 0.333 e. The second-order valence-corrected chi connectivity index (χ2v) is 9.81. The van der Waals surface area contributed by atoms with Gasteiger partial charge < -0.3 is 10.2 Å². The van der Waals surface area contributed by atoms with Crippen molar-refractivity contribution in [3.63, 3.8) is 0 Å². The van der Waals surface area contributed by atoms with Gasteiger partial charge in [0.05, 0.1) is 5.52 Å².